The fourth-order valence-corrected chi connectivity index (χ4v) is 4.50. The number of aryl methyl sites for hydroxylation is 1. The van der Waals surface area contributed by atoms with Crippen LogP contribution < -0.4 is 0 Å². The lowest BCUT2D eigenvalue weighted by Crippen LogP contribution is -2.45. The van der Waals surface area contributed by atoms with Gasteiger partial charge in [0.15, 0.2) is 0 Å². The quantitative estimate of drug-likeness (QED) is 0.847. The number of amides is 1. The molecule has 1 aliphatic rings. The molecule has 1 fully saturated rings. The van der Waals surface area contributed by atoms with E-state index in [1.54, 1.807) is 21.0 Å². The first-order valence-electron chi connectivity index (χ1n) is 7.21. The Morgan fingerprint density at radius 1 is 1.36 bits per heavy atom. The van der Waals surface area contributed by atoms with Gasteiger partial charge in [0.25, 0.3) is 0 Å². The molecular weight excluding hydrogens is 307 g/mol. The van der Waals surface area contributed by atoms with Gasteiger partial charge in [-0.2, -0.15) is 4.31 Å². The number of sulfonamides is 1. The third-order valence-electron chi connectivity index (χ3n) is 3.93. The molecule has 0 N–H and O–H groups in total. The molecule has 0 aromatic heterocycles. The number of halogens is 1. The number of piperidine rings is 1. The molecule has 1 aromatic rings. The molecule has 22 heavy (non-hydrogen) atoms. The van der Waals surface area contributed by atoms with E-state index in [9.17, 15) is 17.6 Å². The van der Waals surface area contributed by atoms with Crippen molar-refractivity contribution >= 4 is 15.9 Å². The molecular formula is C15H21FN2O3S. The number of carbonyl (C=O) groups is 1. The van der Waals surface area contributed by atoms with Crippen LogP contribution in [-0.2, 0) is 14.8 Å². The Morgan fingerprint density at radius 3 is 2.64 bits per heavy atom. The van der Waals surface area contributed by atoms with Crippen LogP contribution in [-0.4, -0.2) is 50.7 Å². The maximum Gasteiger partial charge on any atom is 0.243 e. The Kier molecular flexibility index (Phi) is 4.87. The minimum absolute atomic E-state index is 0.0595. The van der Waals surface area contributed by atoms with Crippen molar-refractivity contribution in [2.45, 2.75) is 24.7 Å². The zero-order chi connectivity index (χ0) is 16.5. The van der Waals surface area contributed by atoms with E-state index in [4.69, 9.17) is 0 Å². The van der Waals surface area contributed by atoms with Gasteiger partial charge in [-0.3, -0.25) is 4.79 Å². The van der Waals surface area contributed by atoms with E-state index in [1.807, 2.05) is 0 Å². The van der Waals surface area contributed by atoms with Crippen molar-refractivity contribution in [3.05, 3.63) is 29.6 Å². The van der Waals surface area contributed by atoms with Gasteiger partial charge < -0.3 is 4.90 Å². The number of carbonyl (C=O) groups excluding carboxylic acids is 1. The Hall–Kier alpha value is -1.47. The second-order valence-electron chi connectivity index (χ2n) is 5.84. The van der Waals surface area contributed by atoms with Crippen LogP contribution in [0.2, 0.25) is 0 Å². The third kappa shape index (κ3) is 3.30. The molecule has 1 saturated heterocycles. The Bertz CT molecular complexity index is 673. The second-order valence-corrected chi connectivity index (χ2v) is 7.75. The van der Waals surface area contributed by atoms with Gasteiger partial charge in [-0.05, 0) is 43.5 Å². The lowest BCUT2D eigenvalue weighted by Gasteiger charge is -2.32. The highest BCUT2D eigenvalue weighted by Gasteiger charge is 2.34. The normalized spacial score (nSPS) is 19.9. The topological polar surface area (TPSA) is 57.7 Å². The van der Waals surface area contributed by atoms with Gasteiger partial charge >= 0.3 is 0 Å². The number of hydrogen-bond donors (Lipinski definition) is 0. The monoisotopic (exact) mass is 328 g/mol. The average molecular weight is 328 g/mol. The van der Waals surface area contributed by atoms with E-state index in [1.165, 1.54) is 21.3 Å². The summed E-state index contributed by atoms with van der Waals surface area (Å²) in [5.41, 5.74) is 0.376. The van der Waals surface area contributed by atoms with Crippen LogP contribution in [0.4, 0.5) is 4.39 Å². The first-order chi connectivity index (χ1) is 10.2. The standard InChI is InChI=1S/C15H21FN2O3S/c1-11-9-13(16)6-7-14(11)22(20,21)18-8-4-5-12(10-18)15(19)17(2)3/h6-7,9,12H,4-5,8,10H2,1-3H3. The Labute approximate surface area is 130 Å². The van der Waals surface area contributed by atoms with Crippen LogP contribution in [0.15, 0.2) is 23.1 Å². The molecule has 7 heteroatoms. The Balaban J connectivity index is 2.27. The first kappa shape index (κ1) is 16.9. The summed E-state index contributed by atoms with van der Waals surface area (Å²) in [6, 6.07) is 3.64. The average Bonchev–Trinajstić information content (AvgIpc) is 2.46. The van der Waals surface area contributed by atoms with Crippen molar-refractivity contribution < 1.29 is 17.6 Å². The van der Waals surface area contributed by atoms with Crippen LogP contribution in [0.5, 0.6) is 0 Å². The van der Waals surface area contributed by atoms with Gasteiger partial charge in [-0.15, -0.1) is 0 Å². The summed E-state index contributed by atoms with van der Waals surface area (Å²) < 4.78 is 40.0. The van der Waals surface area contributed by atoms with E-state index in [2.05, 4.69) is 0 Å². The summed E-state index contributed by atoms with van der Waals surface area (Å²) in [6.07, 6.45) is 1.33. The molecule has 1 unspecified atom stereocenters. The minimum atomic E-state index is -3.71. The van der Waals surface area contributed by atoms with Crippen LogP contribution in [0.3, 0.4) is 0 Å². The zero-order valence-electron chi connectivity index (χ0n) is 13.0. The van der Waals surface area contributed by atoms with E-state index >= 15 is 0 Å². The van der Waals surface area contributed by atoms with Crippen molar-refractivity contribution in [2.75, 3.05) is 27.2 Å². The van der Waals surface area contributed by atoms with Gasteiger partial charge in [0.1, 0.15) is 5.82 Å². The largest absolute Gasteiger partial charge is 0.349 e. The molecule has 0 saturated carbocycles. The molecule has 1 amide bonds. The smallest absolute Gasteiger partial charge is 0.243 e. The van der Waals surface area contributed by atoms with Gasteiger partial charge in [0.05, 0.1) is 10.8 Å². The summed E-state index contributed by atoms with van der Waals surface area (Å²) in [5.74, 6) is -0.842. The second kappa shape index (κ2) is 6.34. The highest BCUT2D eigenvalue weighted by molar-refractivity contribution is 7.89. The number of rotatable bonds is 3. The van der Waals surface area contributed by atoms with Gasteiger partial charge in [0.2, 0.25) is 15.9 Å². The zero-order valence-corrected chi connectivity index (χ0v) is 13.9. The molecule has 0 bridgehead atoms. The predicted molar refractivity (Wildman–Crippen MR) is 81.3 cm³/mol. The minimum Gasteiger partial charge on any atom is -0.349 e. The van der Waals surface area contributed by atoms with Gasteiger partial charge in [-0.1, -0.05) is 0 Å². The molecule has 2 rings (SSSR count). The molecule has 122 valence electrons. The van der Waals surface area contributed by atoms with E-state index in [0.717, 1.165) is 6.07 Å². The molecule has 1 atom stereocenters. The summed E-state index contributed by atoms with van der Waals surface area (Å²) in [6.45, 7) is 2.13. The maximum atomic E-state index is 13.2. The van der Waals surface area contributed by atoms with E-state index in [0.29, 0.717) is 24.9 Å². The van der Waals surface area contributed by atoms with Crippen LogP contribution in [0, 0.1) is 18.7 Å². The lowest BCUT2D eigenvalue weighted by molar-refractivity contribution is -0.134. The first-order valence-corrected chi connectivity index (χ1v) is 8.65. The summed E-state index contributed by atoms with van der Waals surface area (Å²) >= 11 is 0. The molecule has 0 aliphatic carbocycles. The predicted octanol–water partition coefficient (Wildman–Crippen LogP) is 1.62. The van der Waals surface area contributed by atoms with Crippen molar-refractivity contribution in [3.8, 4) is 0 Å². The SMILES string of the molecule is Cc1cc(F)ccc1S(=O)(=O)N1CCCC(C(=O)N(C)C)C1. The molecule has 0 radical (unpaired) electrons. The molecule has 1 heterocycles. The molecule has 1 aromatic carbocycles. The lowest BCUT2D eigenvalue weighted by atomic mass is 9.98. The number of benzene rings is 1. The van der Waals surface area contributed by atoms with Crippen molar-refractivity contribution in [1.29, 1.82) is 0 Å². The number of hydrogen-bond acceptors (Lipinski definition) is 3. The summed E-state index contributed by atoms with van der Waals surface area (Å²) in [4.78, 5) is 13.7. The third-order valence-corrected chi connectivity index (χ3v) is 5.95. The van der Waals surface area contributed by atoms with Crippen LogP contribution >= 0.6 is 0 Å². The molecule has 1 aliphatic heterocycles. The van der Waals surface area contributed by atoms with Crippen LogP contribution in [0.25, 0.3) is 0 Å². The number of nitrogens with zero attached hydrogens (tertiary/aromatic N) is 2. The molecule has 5 nitrogen and oxygen atoms in total. The maximum absolute atomic E-state index is 13.2. The van der Waals surface area contributed by atoms with E-state index < -0.39 is 15.8 Å². The van der Waals surface area contributed by atoms with Crippen LogP contribution in [0.1, 0.15) is 18.4 Å². The highest BCUT2D eigenvalue weighted by atomic mass is 32.2. The Morgan fingerprint density at radius 2 is 2.05 bits per heavy atom. The molecule has 0 spiro atoms. The fraction of sp³-hybridized carbons (Fsp3) is 0.533. The van der Waals surface area contributed by atoms with Crippen molar-refractivity contribution in [2.24, 2.45) is 5.92 Å². The van der Waals surface area contributed by atoms with Crippen molar-refractivity contribution in [1.82, 2.24) is 9.21 Å². The highest BCUT2D eigenvalue weighted by Crippen LogP contribution is 2.26. The summed E-state index contributed by atoms with van der Waals surface area (Å²) in [7, 11) is -0.373. The van der Waals surface area contributed by atoms with Crippen molar-refractivity contribution in [3.63, 3.8) is 0 Å². The summed E-state index contributed by atoms with van der Waals surface area (Å²) in [5, 5.41) is 0. The van der Waals surface area contributed by atoms with Gasteiger partial charge in [-0.25, -0.2) is 12.8 Å². The van der Waals surface area contributed by atoms with E-state index in [-0.39, 0.29) is 23.3 Å². The fourth-order valence-electron chi connectivity index (χ4n) is 2.77. The van der Waals surface area contributed by atoms with Gasteiger partial charge in [0, 0.05) is 27.2 Å².